The first-order chi connectivity index (χ1) is 14.0. The highest BCUT2D eigenvalue weighted by Gasteiger charge is 2.12. The molecule has 0 bridgehead atoms. The van der Waals surface area contributed by atoms with Gasteiger partial charge in [0.25, 0.3) is 0 Å². The molecule has 1 aromatic carbocycles. The second-order valence-corrected chi connectivity index (χ2v) is 9.28. The van der Waals surface area contributed by atoms with Crippen molar-refractivity contribution in [2.45, 2.75) is 20.0 Å². The SMILES string of the molecule is CCNC(=NCc1ccccc1CN1CCOCC1)NCCOCCS(C)(=O)=O.I. The van der Waals surface area contributed by atoms with Crippen LogP contribution < -0.4 is 10.6 Å². The van der Waals surface area contributed by atoms with Crippen LogP contribution in [-0.2, 0) is 32.4 Å². The van der Waals surface area contributed by atoms with Gasteiger partial charge in [-0.15, -0.1) is 24.0 Å². The van der Waals surface area contributed by atoms with Crippen molar-refractivity contribution in [3.8, 4) is 0 Å². The maximum absolute atomic E-state index is 11.1. The van der Waals surface area contributed by atoms with Crippen molar-refractivity contribution in [2.24, 2.45) is 4.99 Å². The predicted molar refractivity (Wildman–Crippen MR) is 131 cm³/mol. The second-order valence-electron chi connectivity index (χ2n) is 7.02. The van der Waals surface area contributed by atoms with Gasteiger partial charge in [-0.05, 0) is 18.1 Å². The van der Waals surface area contributed by atoms with Crippen molar-refractivity contribution in [1.29, 1.82) is 0 Å². The van der Waals surface area contributed by atoms with E-state index in [1.165, 1.54) is 17.4 Å². The van der Waals surface area contributed by atoms with E-state index in [4.69, 9.17) is 14.5 Å². The molecular weight excluding hydrogens is 519 g/mol. The quantitative estimate of drug-likeness (QED) is 0.184. The van der Waals surface area contributed by atoms with Crippen LogP contribution in [0.15, 0.2) is 29.3 Å². The summed E-state index contributed by atoms with van der Waals surface area (Å²) in [6.07, 6.45) is 1.21. The molecule has 1 heterocycles. The number of morpholine rings is 1. The Kier molecular flexibility index (Phi) is 13.5. The number of sulfone groups is 1. The van der Waals surface area contributed by atoms with Crippen LogP contribution in [0, 0.1) is 0 Å². The van der Waals surface area contributed by atoms with E-state index in [1.54, 1.807) is 0 Å². The molecule has 0 radical (unpaired) electrons. The Morgan fingerprint density at radius 2 is 1.87 bits per heavy atom. The summed E-state index contributed by atoms with van der Waals surface area (Å²) >= 11 is 0. The Labute approximate surface area is 197 Å². The number of nitrogens with zero attached hydrogens (tertiary/aromatic N) is 2. The van der Waals surface area contributed by atoms with Gasteiger partial charge in [-0.3, -0.25) is 4.90 Å². The van der Waals surface area contributed by atoms with Crippen molar-refractivity contribution in [3.63, 3.8) is 0 Å². The molecule has 2 rings (SSSR count). The normalized spacial score (nSPS) is 15.5. The molecule has 0 saturated carbocycles. The molecule has 2 N–H and O–H groups in total. The van der Waals surface area contributed by atoms with Crippen LogP contribution in [0.4, 0.5) is 0 Å². The molecule has 0 aromatic heterocycles. The van der Waals surface area contributed by atoms with E-state index in [9.17, 15) is 8.42 Å². The molecule has 1 aliphatic heterocycles. The lowest BCUT2D eigenvalue weighted by atomic mass is 10.1. The summed E-state index contributed by atoms with van der Waals surface area (Å²) in [5.74, 6) is 0.765. The number of aliphatic imine (C=N–C) groups is 1. The fraction of sp³-hybridized carbons (Fsp3) is 0.650. The Balaban J connectivity index is 0.00000450. The van der Waals surface area contributed by atoms with Crippen molar-refractivity contribution in [2.75, 3.05) is 64.6 Å². The smallest absolute Gasteiger partial charge is 0.191 e. The highest BCUT2D eigenvalue weighted by atomic mass is 127. The van der Waals surface area contributed by atoms with Gasteiger partial charge in [-0.1, -0.05) is 24.3 Å². The van der Waals surface area contributed by atoms with Crippen LogP contribution >= 0.6 is 24.0 Å². The monoisotopic (exact) mass is 554 g/mol. The van der Waals surface area contributed by atoms with Gasteiger partial charge in [0, 0.05) is 39.0 Å². The standard InChI is InChI=1S/C20H34N4O4S.HI/c1-3-21-20(22-8-11-27-14-15-29(2,25)26)23-16-18-6-4-5-7-19(18)17-24-9-12-28-13-10-24;/h4-7H,3,8-17H2,1-2H3,(H2,21,22,23);1H. The van der Waals surface area contributed by atoms with Crippen LogP contribution in [0.5, 0.6) is 0 Å². The maximum atomic E-state index is 11.1. The van der Waals surface area contributed by atoms with Gasteiger partial charge >= 0.3 is 0 Å². The zero-order chi connectivity index (χ0) is 21.0. The Bertz CT molecular complexity index is 740. The zero-order valence-corrected chi connectivity index (χ0v) is 21.1. The first-order valence-electron chi connectivity index (χ1n) is 10.1. The Hall–Kier alpha value is -0.950. The predicted octanol–water partition coefficient (Wildman–Crippen LogP) is 1.25. The van der Waals surface area contributed by atoms with Crippen LogP contribution in [0.25, 0.3) is 0 Å². The lowest BCUT2D eigenvalue weighted by Crippen LogP contribution is -2.39. The summed E-state index contributed by atoms with van der Waals surface area (Å²) in [4.78, 5) is 7.10. The van der Waals surface area contributed by atoms with E-state index in [2.05, 4.69) is 33.7 Å². The number of halogens is 1. The highest BCUT2D eigenvalue weighted by Crippen LogP contribution is 2.14. The van der Waals surface area contributed by atoms with Gasteiger partial charge in [0.05, 0.1) is 38.7 Å². The molecule has 1 fully saturated rings. The largest absolute Gasteiger partial charge is 0.379 e. The number of hydrogen-bond donors (Lipinski definition) is 2. The molecule has 0 unspecified atom stereocenters. The van der Waals surface area contributed by atoms with E-state index in [-0.39, 0.29) is 36.3 Å². The summed E-state index contributed by atoms with van der Waals surface area (Å²) in [5, 5.41) is 6.46. The van der Waals surface area contributed by atoms with E-state index in [1.807, 2.05) is 13.0 Å². The average molecular weight is 554 g/mol. The van der Waals surface area contributed by atoms with Crippen LogP contribution in [0.2, 0.25) is 0 Å². The lowest BCUT2D eigenvalue weighted by Gasteiger charge is -2.27. The lowest BCUT2D eigenvalue weighted by molar-refractivity contribution is 0.0341. The van der Waals surface area contributed by atoms with Gasteiger partial charge in [0.1, 0.15) is 9.84 Å². The third-order valence-corrected chi connectivity index (χ3v) is 5.41. The fourth-order valence-corrected chi connectivity index (χ4v) is 3.35. The van der Waals surface area contributed by atoms with E-state index < -0.39 is 9.84 Å². The van der Waals surface area contributed by atoms with Crippen molar-refractivity contribution >= 4 is 39.8 Å². The van der Waals surface area contributed by atoms with Gasteiger partial charge in [-0.2, -0.15) is 0 Å². The van der Waals surface area contributed by atoms with Crippen LogP contribution in [0.3, 0.4) is 0 Å². The summed E-state index contributed by atoms with van der Waals surface area (Å²) in [6.45, 7) is 8.98. The van der Waals surface area contributed by atoms with Crippen molar-refractivity contribution in [3.05, 3.63) is 35.4 Å². The zero-order valence-electron chi connectivity index (χ0n) is 17.9. The number of nitrogens with one attached hydrogen (secondary N) is 2. The summed E-state index contributed by atoms with van der Waals surface area (Å²) in [7, 11) is -2.98. The van der Waals surface area contributed by atoms with Crippen LogP contribution in [0.1, 0.15) is 18.1 Å². The molecule has 0 aliphatic carbocycles. The van der Waals surface area contributed by atoms with Crippen LogP contribution in [-0.4, -0.2) is 83.9 Å². The summed E-state index contributed by atoms with van der Waals surface area (Å²) in [5.41, 5.74) is 2.50. The Morgan fingerprint density at radius 3 is 2.53 bits per heavy atom. The summed E-state index contributed by atoms with van der Waals surface area (Å²) in [6, 6.07) is 8.40. The first kappa shape index (κ1) is 27.1. The third-order valence-electron chi connectivity index (χ3n) is 4.51. The molecule has 0 atom stereocenters. The molecular formula is C20H35IN4O4S. The molecule has 172 valence electrons. The maximum Gasteiger partial charge on any atom is 0.191 e. The number of hydrogen-bond acceptors (Lipinski definition) is 6. The molecule has 1 aliphatic rings. The average Bonchev–Trinajstić information content (AvgIpc) is 2.69. The summed E-state index contributed by atoms with van der Waals surface area (Å²) < 4.78 is 33.0. The molecule has 0 spiro atoms. The molecule has 1 saturated heterocycles. The molecule has 0 amide bonds. The second kappa shape index (κ2) is 15.0. The van der Waals surface area contributed by atoms with Gasteiger partial charge in [0.15, 0.2) is 5.96 Å². The van der Waals surface area contributed by atoms with Crippen molar-refractivity contribution in [1.82, 2.24) is 15.5 Å². The van der Waals surface area contributed by atoms with Gasteiger partial charge < -0.3 is 20.1 Å². The minimum absolute atomic E-state index is 0. The number of guanidine groups is 1. The highest BCUT2D eigenvalue weighted by molar-refractivity contribution is 14.0. The van der Waals surface area contributed by atoms with Gasteiger partial charge in [-0.25, -0.2) is 13.4 Å². The van der Waals surface area contributed by atoms with Crippen molar-refractivity contribution < 1.29 is 17.9 Å². The third kappa shape index (κ3) is 11.4. The topological polar surface area (TPSA) is 92.3 Å². The van der Waals surface area contributed by atoms with E-state index in [0.717, 1.165) is 45.4 Å². The molecule has 30 heavy (non-hydrogen) atoms. The number of benzene rings is 1. The molecule has 1 aromatic rings. The number of ether oxygens (including phenoxy) is 2. The van der Waals surface area contributed by atoms with E-state index >= 15 is 0 Å². The molecule has 8 nitrogen and oxygen atoms in total. The van der Waals surface area contributed by atoms with E-state index in [0.29, 0.717) is 19.7 Å². The first-order valence-corrected chi connectivity index (χ1v) is 12.2. The van der Waals surface area contributed by atoms with Gasteiger partial charge in [0.2, 0.25) is 0 Å². The fourth-order valence-electron chi connectivity index (χ4n) is 2.93. The minimum Gasteiger partial charge on any atom is -0.379 e. The minimum atomic E-state index is -2.98. The molecule has 10 heteroatoms. The Morgan fingerprint density at radius 1 is 1.17 bits per heavy atom. The number of rotatable bonds is 11.